The molecule has 0 heterocycles. The molecule has 528 valence electrons. The maximum atomic E-state index is 12.9. The molecular formula is C79H154NO8P. The molecule has 89 heavy (non-hydrogen) atoms. The molecule has 0 fully saturated rings. The highest BCUT2D eigenvalue weighted by Gasteiger charge is 2.22. The number of phosphoric ester groups is 1. The van der Waals surface area contributed by atoms with E-state index in [2.05, 4.69) is 38.2 Å². The van der Waals surface area contributed by atoms with Crippen LogP contribution in [0.3, 0.4) is 0 Å². The summed E-state index contributed by atoms with van der Waals surface area (Å²) >= 11 is 0. The Balaban J connectivity index is 3.90. The molecule has 0 aliphatic carbocycles. The van der Waals surface area contributed by atoms with Gasteiger partial charge in [-0.1, -0.05) is 385 Å². The predicted molar refractivity (Wildman–Crippen MR) is 384 cm³/mol. The van der Waals surface area contributed by atoms with Crippen molar-refractivity contribution in [2.24, 2.45) is 0 Å². The van der Waals surface area contributed by atoms with Crippen LogP contribution in [0.2, 0.25) is 0 Å². The smallest absolute Gasteiger partial charge is 0.306 e. The van der Waals surface area contributed by atoms with Crippen molar-refractivity contribution in [2.75, 3.05) is 47.5 Å². The van der Waals surface area contributed by atoms with Crippen LogP contribution in [-0.2, 0) is 32.7 Å². The molecular weight excluding hydrogens is 1120 g/mol. The number of likely N-dealkylation sites (N-methyl/N-ethyl adjacent to an activating group) is 1. The number of allylic oxidation sites excluding steroid dienone is 4. The molecule has 0 aromatic rings. The van der Waals surface area contributed by atoms with Crippen molar-refractivity contribution in [2.45, 2.75) is 424 Å². The van der Waals surface area contributed by atoms with Crippen molar-refractivity contribution in [1.82, 2.24) is 0 Å². The van der Waals surface area contributed by atoms with E-state index in [1.807, 2.05) is 21.1 Å². The number of unbranched alkanes of at least 4 members (excludes halogenated alkanes) is 57. The first-order chi connectivity index (χ1) is 43.5. The van der Waals surface area contributed by atoms with Crippen LogP contribution in [0.5, 0.6) is 0 Å². The summed E-state index contributed by atoms with van der Waals surface area (Å²) < 4.78 is 34.4. The number of rotatable bonds is 75. The van der Waals surface area contributed by atoms with Crippen LogP contribution in [0.25, 0.3) is 0 Å². The van der Waals surface area contributed by atoms with Crippen molar-refractivity contribution in [3.8, 4) is 0 Å². The van der Waals surface area contributed by atoms with Gasteiger partial charge in [0.05, 0.1) is 27.7 Å². The molecule has 0 aliphatic heterocycles. The lowest BCUT2D eigenvalue weighted by Gasteiger charge is -2.28. The summed E-state index contributed by atoms with van der Waals surface area (Å²) in [6, 6.07) is 0. The second-order valence-electron chi connectivity index (χ2n) is 28.4. The first kappa shape index (κ1) is 87.5. The molecule has 0 aromatic heterocycles. The average molecular weight is 1280 g/mol. The number of carbonyl (C=O) groups excluding carboxylic acids is 2. The zero-order valence-electron chi connectivity index (χ0n) is 60.4. The van der Waals surface area contributed by atoms with E-state index in [1.54, 1.807) is 0 Å². The largest absolute Gasteiger partial charge is 0.756 e. The van der Waals surface area contributed by atoms with E-state index in [4.69, 9.17) is 18.5 Å². The molecule has 0 spiro atoms. The fourth-order valence-electron chi connectivity index (χ4n) is 12.2. The Kier molecular flexibility index (Phi) is 69.6. The van der Waals surface area contributed by atoms with Gasteiger partial charge in [-0.05, 0) is 44.9 Å². The van der Waals surface area contributed by atoms with Gasteiger partial charge in [0.2, 0.25) is 0 Å². The number of carbonyl (C=O) groups is 2. The van der Waals surface area contributed by atoms with E-state index in [9.17, 15) is 19.0 Å². The molecule has 0 amide bonds. The molecule has 0 rings (SSSR count). The second-order valence-corrected chi connectivity index (χ2v) is 29.9. The van der Waals surface area contributed by atoms with Crippen LogP contribution in [0.1, 0.15) is 418 Å². The normalized spacial score (nSPS) is 13.1. The number of esters is 2. The van der Waals surface area contributed by atoms with Crippen LogP contribution < -0.4 is 4.89 Å². The Morgan fingerprint density at radius 3 is 0.888 bits per heavy atom. The summed E-state index contributed by atoms with van der Waals surface area (Å²) in [7, 11) is 1.19. The van der Waals surface area contributed by atoms with Gasteiger partial charge < -0.3 is 27.9 Å². The zero-order chi connectivity index (χ0) is 64.8. The molecule has 2 atom stereocenters. The van der Waals surface area contributed by atoms with E-state index in [-0.39, 0.29) is 32.0 Å². The van der Waals surface area contributed by atoms with Gasteiger partial charge >= 0.3 is 11.9 Å². The highest BCUT2D eigenvalue weighted by molar-refractivity contribution is 7.45. The molecule has 0 aliphatic rings. The second kappa shape index (κ2) is 70.8. The third kappa shape index (κ3) is 75.4. The molecule has 0 saturated carbocycles. The number of nitrogens with zero attached hydrogens (tertiary/aromatic N) is 1. The molecule has 0 bridgehead atoms. The predicted octanol–water partition coefficient (Wildman–Crippen LogP) is 25.4. The minimum Gasteiger partial charge on any atom is -0.756 e. The number of quaternary nitrogens is 1. The zero-order valence-corrected chi connectivity index (χ0v) is 61.3. The Bertz CT molecular complexity index is 1550. The minimum atomic E-state index is -4.64. The van der Waals surface area contributed by atoms with Crippen LogP contribution in [-0.4, -0.2) is 70.0 Å². The first-order valence-corrected chi connectivity index (χ1v) is 41.0. The Hall–Kier alpha value is -1.51. The number of ether oxygens (including phenoxy) is 2. The van der Waals surface area contributed by atoms with Crippen molar-refractivity contribution in [1.29, 1.82) is 0 Å². The lowest BCUT2D eigenvalue weighted by atomic mass is 10.0. The van der Waals surface area contributed by atoms with Gasteiger partial charge in [0.1, 0.15) is 19.8 Å². The fraction of sp³-hybridized carbons (Fsp3) is 0.924. The van der Waals surface area contributed by atoms with E-state index < -0.39 is 26.5 Å². The van der Waals surface area contributed by atoms with Crippen LogP contribution in [0.15, 0.2) is 24.3 Å². The summed E-state index contributed by atoms with van der Waals surface area (Å²) in [5.74, 6) is -0.804. The van der Waals surface area contributed by atoms with E-state index >= 15 is 0 Å². The van der Waals surface area contributed by atoms with E-state index in [1.165, 1.54) is 347 Å². The first-order valence-electron chi connectivity index (χ1n) is 39.5. The number of hydrogen-bond donors (Lipinski definition) is 0. The third-order valence-corrected chi connectivity index (χ3v) is 19.2. The Morgan fingerprint density at radius 2 is 0.607 bits per heavy atom. The fourth-order valence-corrected chi connectivity index (χ4v) is 12.9. The van der Waals surface area contributed by atoms with Crippen molar-refractivity contribution < 1.29 is 42.1 Å². The quantitative estimate of drug-likeness (QED) is 0.0195. The lowest BCUT2D eigenvalue weighted by Crippen LogP contribution is -2.37. The minimum absolute atomic E-state index is 0.0260. The lowest BCUT2D eigenvalue weighted by molar-refractivity contribution is -0.870. The van der Waals surface area contributed by atoms with Crippen molar-refractivity contribution in [3.05, 3.63) is 24.3 Å². The molecule has 9 nitrogen and oxygen atoms in total. The van der Waals surface area contributed by atoms with E-state index in [0.717, 1.165) is 38.5 Å². The van der Waals surface area contributed by atoms with Gasteiger partial charge in [0.15, 0.2) is 6.10 Å². The third-order valence-electron chi connectivity index (χ3n) is 18.2. The Labute approximate surface area is 555 Å². The summed E-state index contributed by atoms with van der Waals surface area (Å²) in [5.41, 5.74) is 0. The summed E-state index contributed by atoms with van der Waals surface area (Å²) in [6.45, 7) is 4.32. The van der Waals surface area contributed by atoms with Gasteiger partial charge in [-0.15, -0.1) is 0 Å². The highest BCUT2D eigenvalue weighted by atomic mass is 31.2. The SMILES string of the molecule is CCCCCCC/C=C\C/C=C\CCCCCCCCCCCCCCCCCCCCCCCCCCCC(=O)OC(COC(=O)CCCCCCCCCCCCCCCCCCCCCCCCCCCCCC)COP(=O)([O-])OCC[N+](C)(C)C. The average Bonchev–Trinajstić information content (AvgIpc) is 3.60. The van der Waals surface area contributed by atoms with Crippen molar-refractivity contribution in [3.63, 3.8) is 0 Å². The number of hydrogen-bond acceptors (Lipinski definition) is 8. The van der Waals surface area contributed by atoms with Crippen LogP contribution in [0, 0.1) is 0 Å². The topological polar surface area (TPSA) is 111 Å². The molecule has 0 aromatic carbocycles. The summed E-state index contributed by atoms with van der Waals surface area (Å²) in [6.07, 6.45) is 90.2. The number of phosphoric acid groups is 1. The van der Waals surface area contributed by atoms with Crippen LogP contribution in [0.4, 0.5) is 0 Å². The van der Waals surface area contributed by atoms with Gasteiger partial charge in [0.25, 0.3) is 7.82 Å². The highest BCUT2D eigenvalue weighted by Crippen LogP contribution is 2.38. The Morgan fingerprint density at radius 1 is 0.348 bits per heavy atom. The standard InChI is InChI=1S/C79H154NO8P/c1-6-8-10-12-14-16-18-20-22-24-26-28-30-32-34-36-37-38-39-40-41-42-43-44-46-48-50-52-54-56-58-60-62-64-66-68-70-72-79(82)88-77(76-87-89(83,84)86-74-73-80(3,4)5)75-85-78(81)71-69-67-65-63-61-59-57-55-53-51-49-47-45-35-33-31-29-27-25-23-21-19-17-15-13-11-9-7-2/h18,20,24,26,77H,6-17,19,21-23,25,27-76H2,1-5H3/b20-18-,26-24-. The van der Waals surface area contributed by atoms with Gasteiger partial charge in [-0.25, -0.2) is 0 Å². The summed E-state index contributed by atoms with van der Waals surface area (Å²) in [5, 5.41) is 0. The maximum absolute atomic E-state index is 12.9. The van der Waals surface area contributed by atoms with Crippen LogP contribution >= 0.6 is 7.82 Å². The monoisotopic (exact) mass is 1280 g/mol. The molecule has 0 saturated heterocycles. The van der Waals surface area contributed by atoms with Crippen molar-refractivity contribution >= 4 is 19.8 Å². The van der Waals surface area contributed by atoms with E-state index in [0.29, 0.717) is 17.4 Å². The van der Waals surface area contributed by atoms with Gasteiger partial charge in [-0.2, -0.15) is 0 Å². The molecule has 0 N–H and O–H groups in total. The van der Waals surface area contributed by atoms with Gasteiger partial charge in [-0.3, -0.25) is 14.2 Å². The molecule has 2 unspecified atom stereocenters. The summed E-state index contributed by atoms with van der Waals surface area (Å²) in [4.78, 5) is 38.1. The molecule has 10 heteroatoms. The maximum Gasteiger partial charge on any atom is 0.306 e. The van der Waals surface area contributed by atoms with Gasteiger partial charge in [0, 0.05) is 12.8 Å². The molecule has 0 radical (unpaired) electrons.